The van der Waals surface area contributed by atoms with Crippen LogP contribution in [0.1, 0.15) is 41.2 Å². The summed E-state index contributed by atoms with van der Waals surface area (Å²) >= 11 is 0. The fraction of sp³-hybridized carbons (Fsp3) is 0.500. The number of aromatic amines is 1. The number of rotatable bonds is 3. The molecule has 0 amide bonds. The number of fused-ring (bicyclic) bond motifs is 1. The number of ether oxygens (including phenoxy) is 1. The molecule has 1 aliphatic carbocycles. The Morgan fingerprint density at radius 3 is 3.21 bits per heavy atom. The summed E-state index contributed by atoms with van der Waals surface area (Å²) < 4.78 is 5.50. The second-order valence-electron chi connectivity index (χ2n) is 3.41. The Bertz CT molecular complexity index is 356. The van der Waals surface area contributed by atoms with Crippen molar-refractivity contribution >= 4 is 5.97 Å². The molecule has 0 spiro atoms. The van der Waals surface area contributed by atoms with Crippen molar-refractivity contribution in [2.24, 2.45) is 0 Å². The minimum atomic E-state index is -0.908. The maximum atomic E-state index is 10.7. The molecular weight excluding hydrogens is 182 g/mol. The van der Waals surface area contributed by atoms with Gasteiger partial charge in [-0.1, -0.05) is 0 Å². The highest BCUT2D eigenvalue weighted by Crippen LogP contribution is 2.33. The Balaban J connectivity index is 2.26. The number of carboxylic acid groups (broad SMARTS) is 1. The number of H-pyrrole nitrogens is 1. The molecule has 76 valence electrons. The first kappa shape index (κ1) is 9.27. The van der Waals surface area contributed by atoms with E-state index in [0.29, 0.717) is 6.61 Å². The Morgan fingerprint density at radius 1 is 1.79 bits per heavy atom. The second kappa shape index (κ2) is 3.46. The average molecular weight is 195 g/mol. The SMILES string of the molecule is CCOC1CCc2cc(C(=O)O)[nH]c21. The summed E-state index contributed by atoms with van der Waals surface area (Å²) in [5.74, 6) is -0.908. The van der Waals surface area contributed by atoms with Crippen LogP contribution in [0.25, 0.3) is 0 Å². The fourth-order valence-corrected chi connectivity index (χ4v) is 1.92. The zero-order valence-electron chi connectivity index (χ0n) is 8.04. The van der Waals surface area contributed by atoms with E-state index in [1.807, 2.05) is 6.92 Å². The third-order valence-corrected chi connectivity index (χ3v) is 2.53. The van der Waals surface area contributed by atoms with Gasteiger partial charge in [-0.05, 0) is 31.4 Å². The summed E-state index contributed by atoms with van der Waals surface area (Å²) in [6, 6.07) is 1.71. The van der Waals surface area contributed by atoms with Gasteiger partial charge < -0.3 is 14.8 Å². The van der Waals surface area contributed by atoms with Gasteiger partial charge in [0.1, 0.15) is 5.69 Å². The number of aromatic nitrogens is 1. The van der Waals surface area contributed by atoms with Gasteiger partial charge in [-0.3, -0.25) is 0 Å². The van der Waals surface area contributed by atoms with Crippen molar-refractivity contribution in [3.63, 3.8) is 0 Å². The second-order valence-corrected chi connectivity index (χ2v) is 3.41. The summed E-state index contributed by atoms with van der Waals surface area (Å²) in [6.07, 6.45) is 1.92. The Labute approximate surface area is 81.9 Å². The highest BCUT2D eigenvalue weighted by Gasteiger charge is 2.26. The highest BCUT2D eigenvalue weighted by atomic mass is 16.5. The van der Waals surface area contributed by atoms with E-state index in [0.717, 1.165) is 24.1 Å². The first-order valence-electron chi connectivity index (χ1n) is 4.79. The van der Waals surface area contributed by atoms with Crippen LogP contribution in [0.15, 0.2) is 6.07 Å². The first-order chi connectivity index (χ1) is 6.72. The van der Waals surface area contributed by atoms with Gasteiger partial charge >= 0.3 is 5.97 Å². The molecule has 0 fully saturated rings. The summed E-state index contributed by atoms with van der Waals surface area (Å²) in [5, 5.41) is 8.79. The third kappa shape index (κ3) is 1.42. The van der Waals surface area contributed by atoms with Crippen molar-refractivity contribution in [1.29, 1.82) is 0 Å². The minimum Gasteiger partial charge on any atom is -0.477 e. The predicted molar refractivity (Wildman–Crippen MR) is 50.4 cm³/mol. The Kier molecular flexibility index (Phi) is 2.29. The van der Waals surface area contributed by atoms with E-state index in [9.17, 15) is 4.79 Å². The lowest BCUT2D eigenvalue weighted by Crippen LogP contribution is -2.03. The minimum absolute atomic E-state index is 0.0584. The molecule has 1 unspecified atom stereocenters. The van der Waals surface area contributed by atoms with Gasteiger partial charge in [-0.25, -0.2) is 4.79 Å². The lowest BCUT2D eigenvalue weighted by Gasteiger charge is -2.09. The van der Waals surface area contributed by atoms with Crippen molar-refractivity contribution in [3.05, 3.63) is 23.0 Å². The van der Waals surface area contributed by atoms with E-state index in [2.05, 4.69) is 4.98 Å². The normalized spacial score (nSPS) is 19.6. The lowest BCUT2D eigenvalue weighted by molar-refractivity contribution is 0.0606. The van der Waals surface area contributed by atoms with Crippen LogP contribution in [0.2, 0.25) is 0 Å². The number of carboxylic acids is 1. The van der Waals surface area contributed by atoms with Crippen molar-refractivity contribution in [2.75, 3.05) is 6.61 Å². The zero-order valence-corrected chi connectivity index (χ0v) is 8.04. The molecule has 4 heteroatoms. The van der Waals surface area contributed by atoms with Crippen molar-refractivity contribution < 1.29 is 14.6 Å². The number of hydrogen-bond acceptors (Lipinski definition) is 2. The third-order valence-electron chi connectivity index (χ3n) is 2.53. The Hall–Kier alpha value is -1.29. The number of nitrogens with one attached hydrogen (secondary N) is 1. The molecule has 14 heavy (non-hydrogen) atoms. The molecule has 0 saturated heterocycles. The predicted octanol–water partition coefficient (Wildman–Crippen LogP) is 1.74. The molecule has 1 aliphatic rings. The van der Waals surface area contributed by atoms with Crippen LogP contribution in [-0.2, 0) is 11.2 Å². The van der Waals surface area contributed by atoms with Gasteiger partial charge in [0, 0.05) is 12.3 Å². The van der Waals surface area contributed by atoms with Crippen molar-refractivity contribution in [2.45, 2.75) is 25.9 Å². The highest BCUT2D eigenvalue weighted by molar-refractivity contribution is 5.86. The average Bonchev–Trinajstić information content (AvgIpc) is 2.67. The quantitative estimate of drug-likeness (QED) is 0.772. The standard InChI is InChI=1S/C10H13NO3/c1-2-14-8-4-3-6-5-7(10(12)13)11-9(6)8/h5,8,11H,2-4H2,1H3,(H,12,13). The molecule has 1 aromatic rings. The van der Waals surface area contributed by atoms with Gasteiger partial charge in [0.15, 0.2) is 0 Å². The van der Waals surface area contributed by atoms with Crippen LogP contribution in [0, 0.1) is 0 Å². The van der Waals surface area contributed by atoms with Crippen LogP contribution < -0.4 is 0 Å². The van der Waals surface area contributed by atoms with E-state index in [-0.39, 0.29) is 11.8 Å². The van der Waals surface area contributed by atoms with E-state index in [1.54, 1.807) is 6.07 Å². The molecule has 1 heterocycles. The molecule has 0 radical (unpaired) electrons. The van der Waals surface area contributed by atoms with Gasteiger partial charge in [0.25, 0.3) is 0 Å². The van der Waals surface area contributed by atoms with E-state index >= 15 is 0 Å². The molecule has 2 rings (SSSR count). The van der Waals surface area contributed by atoms with Crippen LogP contribution in [0.3, 0.4) is 0 Å². The molecule has 0 bridgehead atoms. The zero-order chi connectivity index (χ0) is 10.1. The van der Waals surface area contributed by atoms with Crippen molar-refractivity contribution in [3.8, 4) is 0 Å². The number of aromatic carboxylic acids is 1. The molecule has 1 aromatic heterocycles. The van der Waals surface area contributed by atoms with Crippen molar-refractivity contribution in [1.82, 2.24) is 4.98 Å². The molecule has 0 aromatic carbocycles. The molecule has 1 atom stereocenters. The summed E-state index contributed by atoms with van der Waals surface area (Å²) in [4.78, 5) is 13.6. The number of hydrogen-bond donors (Lipinski definition) is 2. The first-order valence-corrected chi connectivity index (χ1v) is 4.79. The van der Waals surface area contributed by atoms with E-state index < -0.39 is 5.97 Å². The maximum absolute atomic E-state index is 10.7. The smallest absolute Gasteiger partial charge is 0.352 e. The van der Waals surface area contributed by atoms with E-state index in [4.69, 9.17) is 9.84 Å². The fourth-order valence-electron chi connectivity index (χ4n) is 1.92. The Morgan fingerprint density at radius 2 is 2.57 bits per heavy atom. The number of carbonyl (C=O) groups is 1. The van der Waals surface area contributed by atoms with Gasteiger partial charge in [0.05, 0.1) is 6.10 Å². The van der Waals surface area contributed by atoms with Gasteiger partial charge in [-0.2, -0.15) is 0 Å². The summed E-state index contributed by atoms with van der Waals surface area (Å²) in [7, 11) is 0. The molecule has 2 N–H and O–H groups in total. The van der Waals surface area contributed by atoms with Gasteiger partial charge in [0.2, 0.25) is 0 Å². The monoisotopic (exact) mass is 195 g/mol. The summed E-state index contributed by atoms with van der Waals surface area (Å²) in [6.45, 7) is 2.60. The summed E-state index contributed by atoms with van der Waals surface area (Å²) in [5.41, 5.74) is 2.30. The number of aryl methyl sites for hydroxylation is 1. The largest absolute Gasteiger partial charge is 0.477 e. The molecule has 0 saturated carbocycles. The van der Waals surface area contributed by atoms with E-state index in [1.165, 1.54) is 0 Å². The van der Waals surface area contributed by atoms with Gasteiger partial charge in [-0.15, -0.1) is 0 Å². The molecule has 0 aliphatic heterocycles. The lowest BCUT2D eigenvalue weighted by atomic mass is 10.2. The maximum Gasteiger partial charge on any atom is 0.352 e. The van der Waals surface area contributed by atoms with Crippen LogP contribution >= 0.6 is 0 Å². The molecular formula is C10H13NO3. The van der Waals surface area contributed by atoms with Crippen LogP contribution in [-0.4, -0.2) is 22.7 Å². The topological polar surface area (TPSA) is 62.3 Å². The molecule has 4 nitrogen and oxygen atoms in total. The van der Waals surface area contributed by atoms with Crippen LogP contribution in [0.4, 0.5) is 0 Å². The van der Waals surface area contributed by atoms with Crippen LogP contribution in [0.5, 0.6) is 0 Å².